The Hall–Kier alpha value is -0.960. The lowest BCUT2D eigenvalue weighted by Gasteiger charge is -2.09. The van der Waals surface area contributed by atoms with Crippen molar-refractivity contribution in [1.29, 1.82) is 0 Å². The Balaban J connectivity index is 2.60. The molecule has 0 atom stereocenters. The van der Waals surface area contributed by atoms with Crippen LogP contribution >= 0.6 is 11.3 Å². The van der Waals surface area contributed by atoms with E-state index >= 15 is 0 Å². The zero-order valence-electron chi connectivity index (χ0n) is 10.2. The third-order valence-electron chi connectivity index (χ3n) is 2.13. The summed E-state index contributed by atoms with van der Waals surface area (Å²) in [6.07, 6.45) is 0.698. The molecule has 1 aromatic heterocycles. The van der Waals surface area contributed by atoms with E-state index in [4.69, 9.17) is 5.11 Å². The van der Waals surface area contributed by atoms with E-state index in [1.54, 1.807) is 0 Å². The Morgan fingerprint density at radius 2 is 2.11 bits per heavy atom. The molecule has 0 saturated carbocycles. The van der Waals surface area contributed by atoms with Gasteiger partial charge >= 0.3 is 5.97 Å². The maximum absolute atomic E-state index is 11.8. The number of carbonyl (C=O) groups is 1. The first-order valence-corrected chi connectivity index (χ1v) is 7.60. The van der Waals surface area contributed by atoms with E-state index in [-0.39, 0.29) is 9.09 Å². The first kappa shape index (κ1) is 15.1. The molecule has 102 valence electrons. The molecular formula is C10H16N2O4S2. The number of nitrogens with zero attached hydrogens (tertiary/aromatic N) is 1. The van der Waals surface area contributed by atoms with Crippen LogP contribution in [0.3, 0.4) is 0 Å². The average molecular weight is 292 g/mol. The van der Waals surface area contributed by atoms with E-state index in [9.17, 15) is 13.2 Å². The highest BCUT2D eigenvalue weighted by Crippen LogP contribution is 2.21. The summed E-state index contributed by atoms with van der Waals surface area (Å²) in [6, 6.07) is 2.60. The standard InChI is InChI=1S/C10H16N2O4S2/c1-12(2)7-3-6-11-18(15,16)9-5-4-8(17-9)10(13)14/h4-5,11H,3,6-7H2,1-2H3,(H,13,14). The second-order valence-electron chi connectivity index (χ2n) is 3.98. The average Bonchev–Trinajstić information content (AvgIpc) is 2.74. The lowest BCUT2D eigenvalue weighted by Crippen LogP contribution is -2.26. The molecule has 1 aromatic rings. The van der Waals surface area contributed by atoms with Crippen molar-refractivity contribution in [3.63, 3.8) is 0 Å². The molecule has 0 aromatic carbocycles. The highest BCUT2D eigenvalue weighted by Gasteiger charge is 2.18. The van der Waals surface area contributed by atoms with Gasteiger partial charge in [-0.15, -0.1) is 11.3 Å². The van der Waals surface area contributed by atoms with Crippen molar-refractivity contribution < 1.29 is 18.3 Å². The first-order chi connectivity index (χ1) is 8.33. The number of thiophene rings is 1. The van der Waals surface area contributed by atoms with Gasteiger partial charge in [0.2, 0.25) is 10.0 Å². The molecule has 18 heavy (non-hydrogen) atoms. The van der Waals surface area contributed by atoms with Crippen LogP contribution in [0.1, 0.15) is 16.1 Å². The maximum Gasteiger partial charge on any atom is 0.345 e. The zero-order valence-corrected chi connectivity index (χ0v) is 11.8. The van der Waals surface area contributed by atoms with Gasteiger partial charge in [-0.3, -0.25) is 0 Å². The van der Waals surface area contributed by atoms with Crippen LogP contribution in [0.4, 0.5) is 0 Å². The molecule has 0 radical (unpaired) electrons. The summed E-state index contributed by atoms with van der Waals surface area (Å²) in [5.74, 6) is -1.12. The van der Waals surface area contributed by atoms with Gasteiger partial charge in [0.1, 0.15) is 9.09 Å². The Labute approximate surface area is 110 Å². The Kier molecular flexibility index (Phi) is 5.27. The van der Waals surface area contributed by atoms with Crippen LogP contribution in [0.15, 0.2) is 16.3 Å². The van der Waals surface area contributed by atoms with Crippen molar-refractivity contribution in [3.8, 4) is 0 Å². The van der Waals surface area contributed by atoms with E-state index in [0.29, 0.717) is 13.0 Å². The van der Waals surface area contributed by atoms with Crippen molar-refractivity contribution >= 4 is 27.3 Å². The Morgan fingerprint density at radius 3 is 2.61 bits per heavy atom. The maximum atomic E-state index is 11.8. The highest BCUT2D eigenvalue weighted by atomic mass is 32.2. The fourth-order valence-corrected chi connectivity index (χ4v) is 3.52. The van der Waals surface area contributed by atoms with Gasteiger partial charge in [-0.2, -0.15) is 0 Å². The van der Waals surface area contributed by atoms with Gasteiger partial charge in [0.05, 0.1) is 0 Å². The molecule has 0 aliphatic rings. The zero-order chi connectivity index (χ0) is 13.8. The second kappa shape index (κ2) is 6.28. The number of aromatic carboxylic acids is 1. The van der Waals surface area contributed by atoms with Crippen LogP contribution in [-0.2, 0) is 10.0 Å². The lowest BCUT2D eigenvalue weighted by atomic mass is 10.4. The normalized spacial score (nSPS) is 11.9. The lowest BCUT2D eigenvalue weighted by molar-refractivity contribution is 0.0702. The molecule has 1 rings (SSSR count). The van der Waals surface area contributed by atoms with Gasteiger partial charge in [0.25, 0.3) is 0 Å². The highest BCUT2D eigenvalue weighted by molar-refractivity contribution is 7.91. The van der Waals surface area contributed by atoms with E-state index in [0.717, 1.165) is 17.9 Å². The van der Waals surface area contributed by atoms with Gasteiger partial charge in [-0.05, 0) is 39.2 Å². The molecule has 0 unspecified atom stereocenters. The summed E-state index contributed by atoms with van der Waals surface area (Å²) in [6.45, 7) is 1.12. The summed E-state index contributed by atoms with van der Waals surface area (Å²) in [7, 11) is 0.235. The molecule has 6 nitrogen and oxygen atoms in total. The summed E-state index contributed by atoms with van der Waals surface area (Å²) >= 11 is 0.752. The summed E-state index contributed by atoms with van der Waals surface area (Å²) in [4.78, 5) is 12.6. The summed E-state index contributed by atoms with van der Waals surface area (Å²) < 4.78 is 26.1. The van der Waals surface area contributed by atoms with Crippen molar-refractivity contribution in [1.82, 2.24) is 9.62 Å². The van der Waals surface area contributed by atoms with Crippen LogP contribution in [0.25, 0.3) is 0 Å². The van der Waals surface area contributed by atoms with E-state index in [2.05, 4.69) is 4.72 Å². The van der Waals surface area contributed by atoms with Gasteiger partial charge in [-0.1, -0.05) is 0 Å². The van der Waals surface area contributed by atoms with Crippen LogP contribution in [0.5, 0.6) is 0 Å². The molecular weight excluding hydrogens is 276 g/mol. The van der Waals surface area contributed by atoms with Crippen molar-refractivity contribution in [2.24, 2.45) is 0 Å². The molecule has 0 fully saturated rings. The second-order valence-corrected chi connectivity index (χ2v) is 7.06. The van der Waals surface area contributed by atoms with Crippen molar-refractivity contribution in [2.75, 3.05) is 27.2 Å². The SMILES string of the molecule is CN(C)CCCNS(=O)(=O)c1ccc(C(=O)O)s1. The van der Waals surface area contributed by atoms with Crippen molar-refractivity contribution in [2.45, 2.75) is 10.6 Å². The molecule has 0 aliphatic heterocycles. The minimum atomic E-state index is -3.58. The molecule has 0 aliphatic carbocycles. The molecule has 1 heterocycles. The van der Waals surface area contributed by atoms with Crippen LogP contribution < -0.4 is 4.72 Å². The number of sulfonamides is 1. The van der Waals surface area contributed by atoms with E-state index in [1.807, 2.05) is 19.0 Å². The quantitative estimate of drug-likeness (QED) is 0.722. The van der Waals surface area contributed by atoms with Gasteiger partial charge in [-0.25, -0.2) is 17.9 Å². The summed E-state index contributed by atoms with van der Waals surface area (Å²) in [5, 5.41) is 8.73. The van der Waals surface area contributed by atoms with Crippen molar-refractivity contribution in [3.05, 3.63) is 17.0 Å². The number of carboxylic acid groups (broad SMARTS) is 1. The largest absolute Gasteiger partial charge is 0.477 e. The predicted molar refractivity (Wildman–Crippen MR) is 69.6 cm³/mol. The summed E-state index contributed by atoms with van der Waals surface area (Å²) in [5.41, 5.74) is 0. The topological polar surface area (TPSA) is 86.7 Å². The number of hydrogen-bond donors (Lipinski definition) is 2. The Morgan fingerprint density at radius 1 is 1.44 bits per heavy atom. The fourth-order valence-electron chi connectivity index (χ4n) is 1.25. The number of hydrogen-bond acceptors (Lipinski definition) is 5. The third kappa shape index (κ3) is 4.37. The minimum Gasteiger partial charge on any atom is -0.477 e. The first-order valence-electron chi connectivity index (χ1n) is 5.30. The van der Waals surface area contributed by atoms with E-state index < -0.39 is 16.0 Å². The van der Waals surface area contributed by atoms with Crippen LogP contribution in [-0.4, -0.2) is 51.6 Å². The van der Waals surface area contributed by atoms with Crippen LogP contribution in [0, 0.1) is 0 Å². The van der Waals surface area contributed by atoms with E-state index in [1.165, 1.54) is 12.1 Å². The van der Waals surface area contributed by atoms with Gasteiger partial charge in [0, 0.05) is 6.54 Å². The molecule has 8 heteroatoms. The fraction of sp³-hybridized carbons (Fsp3) is 0.500. The molecule has 0 bridgehead atoms. The molecule has 0 saturated heterocycles. The Bertz CT molecular complexity index is 508. The molecule has 0 spiro atoms. The third-order valence-corrected chi connectivity index (χ3v) is 5.16. The smallest absolute Gasteiger partial charge is 0.345 e. The monoisotopic (exact) mass is 292 g/mol. The predicted octanol–water partition coefficient (Wildman–Crippen LogP) is 0.676. The van der Waals surface area contributed by atoms with Gasteiger partial charge in [0.15, 0.2) is 0 Å². The molecule has 0 amide bonds. The molecule has 2 N–H and O–H groups in total. The minimum absolute atomic E-state index is 0.0173. The number of rotatable bonds is 7. The van der Waals surface area contributed by atoms with Gasteiger partial charge < -0.3 is 10.0 Å². The number of nitrogens with one attached hydrogen (secondary N) is 1. The van der Waals surface area contributed by atoms with Crippen LogP contribution in [0.2, 0.25) is 0 Å². The number of carboxylic acids is 1.